The van der Waals surface area contributed by atoms with Crippen molar-refractivity contribution < 1.29 is 14.3 Å². The van der Waals surface area contributed by atoms with Gasteiger partial charge in [0, 0.05) is 11.1 Å². The topological polar surface area (TPSA) is 42.6 Å². The van der Waals surface area contributed by atoms with E-state index in [1.54, 1.807) is 12.1 Å². The number of furan rings is 1. The van der Waals surface area contributed by atoms with Crippen molar-refractivity contribution in [3.8, 4) is 5.75 Å². The Hall–Kier alpha value is -1.45. The molecule has 0 aliphatic heterocycles. The Labute approximate surface area is 105 Å². The van der Waals surface area contributed by atoms with Crippen LogP contribution in [0, 0.1) is 0 Å². The van der Waals surface area contributed by atoms with Crippen molar-refractivity contribution >= 4 is 11.6 Å². The van der Waals surface area contributed by atoms with Gasteiger partial charge in [0.1, 0.15) is 11.9 Å². The quantitative estimate of drug-likeness (QED) is 0.907. The lowest BCUT2D eigenvalue weighted by Crippen LogP contribution is -2.03. The molecule has 1 N–H and O–H groups in total. The number of benzene rings is 1. The summed E-state index contributed by atoms with van der Waals surface area (Å²) >= 11 is 5.85. The second-order valence-corrected chi connectivity index (χ2v) is 3.87. The monoisotopic (exact) mass is 252 g/mol. The molecule has 0 aliphatic rings. The molecule has 0 bridgehead atoms. The van der Waals surface area contributed by atoms with Crippen LogP contribution in [0.3, 0.4) is 0 Å². The first kappa shape index (κ1) is 12.0. The molecule has 3 nitrogen and oxygen atoms in total. The van der Waals surface area contributed by atoms with E-state index in [-0.39, 0.29) is 5.22 Å². The zero-order chi connectivity index (χ0) is 12.3. The summed E-state index contributed by atoms with van der Waals surface area (Å²) < 4.78 is 10.4. The lowest BCUT2D eigenvalue weighted by atomic mass is 10.0. The smallest absolute Gasteiger partial charge is 0.199 e. The molecule has 1 aromatic carbocycles. The Morgan fingerprint density at radius 2 is 2.06 bits per heavy atom. The van der Waals surface area contributed by atoms with Crippen LogP contribution >= 0.6 is 11.6 Å². The Kier molecular flexibility index (Phi) is 3.71. The normalized spacial score (nSPS) is 12.4. The molecule has 0 radical (unpaired) electrons. The molecule has 1 heterocycles. The molecular formula is C13H13ClO3. The van der Waals surface area contributed by atoms with Crippen LogP contribution in [0.4, 0.5) is 0 Å². The molecule has 1 atom stereocenters. The van der Waals surface area contributed by atoms with Crippen molar-refractivity contribution in [2.45, 2.75) is 13.0 Å². The second kappa shape index (κ2) is 5.25. The van der Waals surface area contributed by atoms with Crippen molar-refractivity contribution in [2.75, 3.05) is 6.61 Å². The number of rotatable bonds is 4. The molecular weight excluding hydrogens is 240 g/mol. The van der Waals surface area contributed by atoms with Crippen LogP contribution in [0.1, 0.15) is 24.2 Å². The van der Waals surface area contributed by atoms with Crippen LogP contribution in [0.5, 0.6) is 5.75 Å². The highest BCUT2D eigenvalue weighted by Gasteiger charge is 2.19. The molecule has 0 fully saturated rings. The van der Waals surface area contributed by atoms with Gasteiger partial charge >= 0.3 is 0 Å². The summed E-state index contributed by atoms with van der Waals surface area (Å²) in [5.41, 5.74) is 1.22. The van der Waals surface area contributed by atoms with Gasteiger partial charge < -0.3 is 14.3 Å². The number of hydrogen-bond acceptors (Lipinski definition) is 3. The second-order valence-electron chi connectivity index (χ2n) is 3.52. The van der Waals surface area contributed by atoms with Gasteiger partial charge in [0.25, 0.3) is 0 Å². The first-order valence-corrected chi connectivity index (χ1v) is 5.74. The molecule has 0 aliphatic carbocycles. The predicted molar refractivity (Wildman–Crippen MR) is 65.4 cm³/mol. The Balaban J connectivity index is 2.37. The average molecular weight is 253 g/mol. The van der Waals surface area contributed by atoms with Crippen LogP contribution in [0.25, 0.3) is 0 Å². The summed E-state index contributed by atoms with van der Waals surface area (Å²) in [4.78, 5) is 0. The largest absolute Gasteiger partial charge is 0.493 e. The van der Waals surface area contributed by atoms with Crippen molar-refractivity contribution in [1.82, 2.24) is 0 Å². The van der Waals surface area contributed by atoms with E-state index in [4.69, 9.17) is 20.8 Å². The summed E-state index contributed by atoms with van der Waals surface area (Å²) in [5, 5.41) is 10.4. The summed E-state index contributed by atoms with van der Waals surface area (Å²) in [6.07, 6.45) is 0.605. The maximum atomic E-state index is 10.2. The minimum absolute atomic E-state index is 0.198. The SMILES string of the molecule is CCOc1ccccc1C(O)c1ccoc1Cl. The third kappa shape index (κ3) is 2.46. The molecule has 17 heavy (non-hydrogen) atoms. The number of ether oxygens (including phenoxy) is 1. The maximum absolute atomic E-state index is 10.2. The first-order chi connectivity index (χ1) is 8.24. The molecule has 0 amide bonds. The van der Waals surface area contributed by atoms with Gasteiger partial charge in [-0.15, -0.1) is 0 Å². The number of para-hydroxylation sites is 1. The molecule has 0 saturated heterocycles. The van der Waals surface area contributed by atoms with E-state index in [0.717, 1.165) is 0 Å². The van der Waals surface area contributed by atoms with E-state index < -0.39 is 6.10 Å². The fourth-order valence-electron chi connectivity index (χ4n) is 1.66. The molecule has 0 saturated carbocycles. The van der Waals surface area contributed by atoms with Gasteiger partial charge in [-0.2, -0.15) is 0 Å². The minimum atomic E-state index is -0.844. The van der Waals surface area contributed by atoms with Gasteiger partial charge in [-0.25, -0.2) is 0 Å². The zero-order valence-electron chi connectivity index (χ0n) is 9.39. The molecule has 2 aromatic rings. The molecule has 0 spiro atoms. The van der Waals surface area contributed by atoms with E-state index in [1.165, 1.54) is 6.26 Å². The third-order valence-corrected chi connectivity index (χ3v) is 2.76. The van der Waals surface area contributed by atoms with Gasteiger partial charge in [0.05, 0.1) is 12.9 Å². The molecule has 90 valence electrons. The van der Waals surface area contributed by atoms with E-state index in [2.05, 4.69) is 0 Å². The molecule has 1 aromatic heterocycles. The fourth-order valence-corrected chi connectivity index (χ4v) is 1.88. The Morgan fingerprint density at radius 3 is 2.71 bits per heavy atom. The molecule has 4 heteroatoms. The van der Waals surface area contributed by atoms with Crippen LogP contribution in [0.2, 0.25) is 5.22 Å². The van der Waals surface area contributed by atoms with E-state index >= 15 is 0 Å². The van der Waals surface area contributed by atoms with Crippen LogP contribution in [-0.4, -0.2) is 11.7 Å². The number of hydrogen-bond donors (Lipinski definition) is 1. The highest BCUT2D eigenvalue weighted by atomic mass is 35.5. The van der Waals surface area contributed by atoms with Gasteiger partial charge in [-0.3, -0.25) is 0 Å². The zero-order valence-corrected chi connectivity index (χ0v) is 10.1. The number of aliphatic hydroxyl groups is 1. The van der Waals surface area contributed by atoms with Crippen molar-refractivity contribution in [3.05, 3.63) is 52.9 Å². The first-order valence-electron chi connectivity index (χ1n) is 5.36. The van der Waals surface area contributed by atoms with Crippen LogP contribution in [-0.2, 0) is 0 Å². The van der Waals surface area contributed by atoms with Crippen molar-refractivity contribution in [3.63, 3.8) is 0 Å². The highest BCUT2D eigenvalue weighted by Crippen LogP contribution is 2.33. The van der Waals surface area contributed by atoms with Crippen molar-refractivity contribution in [1.29, 1.82) is 0 Å². The average Bonchev–Trinajstić information content (AvgIpc) is 2.76. The third-order valence-electron chi connectivity index (χ3n) is 2.45. The molecule has 2 rings (SSSR count). The van der Waals surface area contributed by atoms with Gasteiger partial charge in [-0.05, 0) is 30.7 Å². The summed E-state index contributed by atoms with van der Waals surface area (Å²) in [5.74, 6) is 0.653. The van der Waals surface area contributed by atoms with Crippen LogP contribution in [0.15, 0.2) is 41.0 Å². The minimum Gasteiger partial charge on any atom is -0.493 e. The Bertz CT molecular complexity index is 493. The predicted octanol–water partition coefficient (Wildman–Crippen LogP) is 3.41. The lowest BCUT2D eigenvalue weighted by Gasteiger charge is -2.14. The summed E-state index contributed by atoms with van der Waals surface area (Å²) in [6.45, 7) is 2.44. The number of halogens is 1. The standard InChI is InChI=1S/C13H13ClO3/c1-2-16-11-6-4-3-5-9(11)12(15)10-7-8-17-13(10)14/h3-8,12,15H,2H2,1H3. The van der Waals surface area contributed by atoms with Gasteiger partial charge in [-0.1, -0.05) is 18.2 Å². The summed E-state index contributed by atoms with van der Waals surface area (Å²) in [6, 6.07) is 8.97. The maximum Gasteiger partial charge on any atom is 0.199 e. The van der Waals surface area contributed by atoms with Gasteiger partial charge in [0.15, 0.2) is 5.22 Å². The fraction of sp³-hybridized carbons (Fsp3) is 0.231. The van der Waals surface area contributed by atoms with E-state index in [9.17, 15) is 5.11 Å². The highest BCUT2D eigenvalue weighted by molar-refractivity contribution is 6.29. The van der Waals surface area contributed by atoms with Crippen molar-refractivity contribution in [2.24, 2.45) is 0 Å². The molecule has 1 unspecified atom stereocenters. The van der Waals surface area contributed by atoms with Gasteiger partial charge in [0.2, 0.25) is 0 Å². The van der Waals surface area contributed by atoms with E-state index in [1.807, 2.05) is 25.1 Å². The van der Waals surface area contributed by atoms with E-state index in [0.29, 0.717) is 23.5 Å². The van der Waals surface area contributed by atoms with Crippen LogP contribution < -0.4 is 4.74 Å². The lowest BCUT2D eigenvalue weighted by molar-refractivity contribution is 0.211. The summed E-state index contributed by atoms with van der Waals surface area (Å²) in [7, 11) is 0. The Morgan fingerprint density at radius 1 is 1.29 bits per heavy atom. The number of aliphatic hydroxyl groups excluding tert-OH is 1.